The number of fused-ring (bicyclic) bond motifs is 1. The lowest BCUT2D eigenvalue weighted by Crippen LogP contribution is -2.27. The molecule has 1 aromatic heterocycles. The maximum Gasteiger partial charge on any atom is 0.223 e. The van der Waals surface area contributed by atoms with E-state index in [-0.39, 0.29) is 18.1 Å². The molecule has 2 aromatic rings. The van der Waals surface area contributed by atoms with E-state index in [0.717, 1.165) is 34.6 Å². The summed E-state index contributed by atoms with van der Waals surface area (Å²) in [6.45, 7) is 0.427. The number of nitrogens with zero attached hydrogens (tertiary/aromatic N) is 3. The number of carbonyl (C=O) groups is 1. The minimum atomic E-state index is -3.11. The Hall–Kier alpha value is -1.54. The Morgan fingerprint density at radius 3 is 2.70 bits per heavy atom. The van der Waals surface area contributed by atoms with Gasteiger partial charge in [-0.25, -0.2) is 8.42 Å². The van der Waals surface area contributed by atoms with Crippen molar-refractivity contribution in [3.63, 3.8) is 0 Å². The molecule has 0 saturated carbocycles. The van der Waals surface area contributed by atoms with Crippen LogP contribution in [0.2, 0.25) is 0 Å². The van der Waals surface area contributed by atoms with Gasteiger partial charge in [-0.3, -0.25) is 4.79 Å². The monoisotopic (exact) mass is 313 g/mol. The van der Waals surface area contributed by atoms with Crippen LogP contribution in [0.4, 0.5) is 0 Å². The van der Waals surface area contributed by atoms with Gasteiger partial charge in [-0.05, 0) is 17.7 Å². The Labute approximate surface area is 121 Å². The third-order valence-corrected chi connectivity index (χ3v) is 4.35. The Balaban J connectivity index is 1.99. The largest absolute Gasteiger partial charge is 0.341 e. The SMILES string of the molecule is CN(Cc1ccc2nsnc2c1)C(=O)CCS(C)(=O)=O. The first-order valence-corrected chi connectivity index (χ1v) is 8.77. The van der Waals surface area contributed by atoms with Crippen LogP contribution in [0.25, 0.3) is 11.0 Å². The third kappa shape index (κ3) is 3.97. The molecule has 0 N–H and O–H groups in total. The molecule has 1 heterocycles. The molecule has 0 atom stereocenters. The zero-order valence-electron chi connectivity index (χ0n) is 11.2. The molecule has 0 aliphatic heterocycles. The molecular formula is C12H15N3O3S2. The summed E-state index contributed by atoms with van der Waals surface area (Å²) in [5.41, 5.74) is 2.59. The van der Waals surface area contributed by atoms with Crippen molar-refractivity contribution in [2.45, 2.75) is 13.0 Å². The van der Waals surface area contributed by atoms with E-state index in [0.29, 0.717) is 6.54 Å². The molecule has 0 radical (unpaired) electrons. The number of aromatic nitrogens is 2. The van der Waals surface area contributed by atoms with Crippen molar-refractivity contribution in [1.29, 1.82) is 0 Å². The molecule has 0 saturated heterocycles. The van der Waals surface area contributed by atoms with Crippen molar-refractivity contribution in [3.05, 3.63) is 23.8 Å². The lowest BCUT2D eigenvalue weighted by molar-refractivity contribution is -0.130. The van der Waals surface area contributed by atoms with E-state index in [2.05, 4.69) is 8.75 Å². The van der Waals surface area contributed by atoms with Gasteiger partial charge in [-0.15, -0.1) is 0 Å². The standard InChI is InChI=1S/C12H15N3O3S2/c1-15(12(16)5-6-20(2,17)18)8-9-3-4-10-11(7-9)14-19-13-10/h3-4,7H,5-6,8H2,1-2H3. The van der Waals surface area contributed by atoms with Crippen LogP contribution in [0, 0.1) is 0 Å². The number of sulfone groups is 1. The van der Waals surface area contributed by atoms with Crippen LogP contribution in [-0.4, -0.2) is 47.0 Å². The Morgan fingerprint density at radius 2 is 2.00 bits per heavy atom. The highest BCUT2D eigenvalue weighted by Crippen LogP contribution is 2.15. The van der Waals surface area contributed by atoms with Crippen molar-refractivity contribution in [3.8, 4) is 0 Å². The van der Waals surface area contributed by atoms with Crippen LogP contribution in [0.1, 0.15) is 12.0 Å². The topological polar surface area (TPSA) is 80.2 Å². The highest BCUT2D eigenvalue weighted by molar-refractivity contribution is 7.90. The van der Waals surface area contributed by atoms with Crippen LogP contribution in [0.5, 0.6) is 0 Å². The highest BCUT2D eigenvalue weighted by atomic mass is 32.2. The first kappa shape index (κ1) is 14.9. The fourth-order valence-electron chi connectivity index (χ4n) is 1.75. The number of hydrogen-bond acceptors (Lipinski definition) is 6. The molecule has 0 spiro atoms. The first-order valence-electron chi connectivity index (χ1n) is 5.98. The molecule has 108 valence electrons. The molecule has 0 aliphatic rings. The van der Waals surface area contributed by atoms with Gasteiger partial charge in [-0.2, -0.15) is 8.75 Å². The Bertz CT molecular complexity index is 724. The minimum absolute atomic E-state index is 0.00976. The summed E-state index contributed by atoms with van der Waals surface area (Å²) < 4.78 is 30.4. The van der Waals surface area contributed by atoms with Crippen LogP contribution in [0.15, 0.2) is 18.2 Å². The number of carbonyl (C=O) groups excluding carboxylic acids is 1. The average Bonchev–Trinajstić information content (AvgIpc) is 2.82. The predicted octanol–water partition coefficient (Wildman–Crippen LogP) is 1.08. The molecule has 0 aliphatic carbocycles. The average molecular weight is 313 g/mol. The van der Waals surface area contributed by atoms with Crippen molar-refractivity contribution in [2.75, 3.05) is 19.1 Å². The zero-order chi connectivity index (χ0) is 14.8. The summed E-state index contributed by atoms with van der Waals surface area (Å²) in [5.74, 6) is -0.308. The van der Waals surface area contributed by atoms with Gasteiger partial charge in [-0.1, -0.05) is 6.07 Å². The van der Waals surface area contributed by atoms with E-state index in [4.69, 9.17) is 0 Å². The van der Waals surface area contributed by atoms with E-state index in [9.17, 15) is 13.2 Å². The lowest BCUT2D eigenvalue weighted by atomic mass is 10.2. The van der Waals surface area contributed by atoms with Gasteiger partial charge in [0.15, 0.2) is 0 Å². The fraction of sp³-hybridized carbons (Fsp3) is 0.417. The van der Waals surface area contributed by atoms with Crippen molar-refractivity contribution >= 4 is 38.5 Å². The van der Waals surface area contributed by atoms with Crippen LogP contribution < -0.4 is 0 Å². The molecule has 8 heteroatoms. The zero-order valence-corrected chi connectivity index (χ0v) is 12.9. The molecule has 0 unspecified atom stereocenters. The molecule has 6 nitrogen and oxygen atoms in total. The second kappa shape index (κ2) is 5.84. The molecule has 1 aromatic carbocycles. The predicted molar refractivity (Wildman–Crippen MR) is 78.2 cm³/mol. The van der Waals surface area contributed by atoms with Gasteiger partial charge in [0.2, 0.25) is 5.91 Å². The van der Waals surface area contributed by atoms with Crippen molar-refractivity contribution in [2.24, 2.45) is 0 Å². The number of amides is 1. The number of rotatable bonds is 5. The number of benzene rings is 1. The summed E-state index contributed by atoms with van der Waals surface area (Å²) >= 11 is 1.15. The smallest absolute Gasteiger partial charge is 0.223 e. The third-order valence-electron chi connectivity index (χ3n) is 2.85. The van der Waals surface area contributed by atoms with Gasteiger partial charge in [0.25, 0.3) is 0 Å². The molecule has 2 rings (SSSR count). The van der Waals surface area contributed by atoms with Gasteiger partial charge < -0.3 is 4.90 Å². The van der Waals surface area contributed by atoms with E-state index in [1.807, 2.05) is 18.2 Å². The van der Waals surface area contributed by atoms with Crippen molar-refractivity contribution < 1.29 is 13.2 Å². The van der Waals surface area contributed by atoms with Crippen LogP contribution in [0.3, 0.4) is 0 Å². The summed E-state index contributed by atoms with van der Waals surface area (Å²) in [4.78, 5) is 13.4. The normalized spacial score (nSPS) is 11.7. The molecule has 0 bridgehead atoms. The summed E-state index contributed by atoms with van der Waals surface area (Å²) in [6, 6.07) is 5.65. The second-order valence-electron chi connectivity index (χ2n) is 4.72. The lowest BCUT2D eigenvalue weighted by Gasteiger charge is -2.17. The summed E-state index contributed by atoms with van der Waals surface area (Å²) in [7, 11) is -1.45. The van der Waals surface area contributed by atoms with Gasteiger partial charge >= 0.3 is 0 Å². The first-order chi connectivity index (χ1) is 9.35. The van der Waals surface area contributed by atoms with Gasteiger partial charge in [0, 0.05) is 26.3 Å². The van der Waals surface area contributed by atoms with Crippen molar-refractivity contribution in [1.82, 2.24) is 13.6 Å². The van der Waals surface area contributed by atoms with Gasteiger partial charge in [0.1, 0.15) is 20.9 Å². The van der Waals surface area contributed by atoms with Crippen LogP contribution in [-0.2, 0) is 21.2 Å². The molecular weight excluding hydrogens is 298 g/mol. The minimum Gasteiger partial charge on any atom is -0.341 e. The summed E-state index contributed by atoms with van der Waals surface area (Å²) in [5, 5.41) is 0. The van der Waals surface area contributed by atoms with E-state index >= 15 is 0 Å². The second-order valence-corrected chi connectivity index (χ2v) is 7.51. The van der Waals surface area contributed by atoms with Gasteiger partial charge in [0.05, 0.1) is 17.5 Å². The maximum absolute atomic E-state index is 11.8. The maximum atomic E-state index is 11.8. The fourth-order valence-corrected chi connectivity index (χ4v) is 2.81. The van der Waals surface area contributed by atoms with E-state index in [1.165, 1.54) is 4.90 Å². The van der Waals surface area contributed by atoms with E-state index in [1.54, 1.807) is 7.05 Å². The highest BCUT2D eigenvalue weighted by Gasteiger charge is 2.13. The van der Waals surface area contributed by atoms with E-state index < -0.39 is 9.84 Å². The molecule has 20 heavy (non-hydrogen) atoms. The molecule has 0 fully saturated rings. The number of hydrogen-bond donors (Lipinski definition) is 0. The molecule has 1 amide bonds. The Kier molecular flexibility index (Phi) is 4.34. The van der Waals surface area contributed by atoms with Crippen LogP contribution >= 0.6 is 11.7 Å². The quantitative estimate of drug-likeness (QED) is 0.825. The Morgan fingerprint density at radius 1 is 1.30 bits per heavy atom. The summed E-state index contributed by atoms with van der Waals surface area (Å²) in [6.07, 6.45) is 1.14.